The molecule has 0 aliphatic heterocycles. The largest absolute Gasteiger partial charge is 0.388 e. The van der Waals surface area contributed by atoms with E-state index >= 15 is 0 Å². The first-order valence-electron chi connectivity index (χ1n) is 6.18. The van der Waals surface area contributed by atoms with Crippen molar-refractivity contribution in [3.63, 3.8) is 0 Å². The molecule has 0 aromatic heterocycles. The Morgan fingerprint density at radius 1 is 1.00 bits per heavy atom. The maximum atomic E-state index is 12.1. The molecule has 1 N–H and O–H groups in total. The fourth-order valence-electron chi connectivity index (χ4n) is 1.77. The Hall–Kier alpha value is -1.58. The topological polar surface area (TPSA) is 37.3 Å². The van der Waals surface area contributed by atoms with Gasteiger partial charge in [-0.3, -0.25) is 4.79 Å². The highest BCUT2D eigenvalue weighted by atomic mass is 32.2. The molecule has 0 fully saturated rings. The first-order chi connectivity index (χ1) is 9.18. The molecule has 0 unspecified atom stereocenters. The number of aliphatic hydroxyl groups excluding tert-OH is 1. The van der Waals surface area contributed by atoms with E-state index in [0.717, 1.165) is 10.5 Å². The predicted molar refractivity (Wildman–Crippen MR) is 77.9 cm³/mol. The second kappa shape index (κ2) is 6.55. The molecule has 0 saturated carbocycles. The molecule has 0 heterocycles. The van der Waals surface area contributed by atoms with Gasteiger partial charge in [0.25, 0.3) is 0 Å². The lowest BCUT2D eigenvalue weighted by Crippen LogP contribution is -2.16. The van der Waals surface area contributed by atoms with Crippen LogP contribution < -0.4 is 0 Å². The summed E-state index contributed by atoms with van der Waals surface area (Å²) >= 11 is 1.18. The number of aliphatic hydroxyl groups is 1. The number of rotatable bonds is 4. The first kappa shape index (κ1) is 13.8. The molecule has 0 bridgehead atoms. The third kappa shape index (κ3) is 3.69. The van der Waals surface area contributed by atoms with Gasteiger partial charge in [-0.1, -0.05) is 67.2 Å². The van der Waals surface area contributed by atoms with Crippen LogP contribution in [0.15, 0.2) is 65.6 Å². The van der Waals surface area contributed by atoms with Gasteiger partial charge in [0.2, 0.25) is 0 Å². The van der Waals surface area contributed by atoms with E-state index in [0.29, 0.717) is 0 Å². The molecule has 0 amide bonds. The van der Waals surface area contributed by atoms with Crippen molar-refractivity contribution in [2.24, 2.45) is 5.92 Å². The maximum absolute atomic E-state index is 12.1. The zero-order valence-corrected chi connectivity index (χ0v) is 11.5. The van der Waals surface area contributed by atoms with Gasteiger partial charge in [0, 0.05) is 4.90 Å². The highest BCUT2D eigenvalue weighted by Gasteiger charge is 2.23. The van der Waals surface area contributed by atoms with Crippen LogP contribution in [-0.4, -0.2) is 10.2 Å². The van der Waals surface area contributed by atoms with Crippen molar-refractivity contribution in [2.45, 2.75) is 17.9 Å². The standard InChI is InChI=1S/C16H16O2S/c1-12(15(17)13-8-4-2-5-9-13)16(18)19-14-10-6-3-7-11-14/h2-12,15,17H,1H3/t12-,15+/m1/s1. The van der Waals surface area contributed by atoms with Gasteiger partial charge in [-0.05, 0) is 17.7 Å². The second-order valence-electron chi connectivity index (χ2n) is 4.38. The summed E-state index contributed by atoms with van der Waals surface area (Å²) in [4.78, 5) is 13.0. The molecular weight excluding hydrogens is 256 g/mol. The van der Waals surface area contributed by atoms with Crippen LogP contribution in [0.2, 0.25) is 0 Å². The molecule has 2 aromatic rings. The molecule has 0 spiro atoms. The van der Waals surface area contributed by atoms with Crippen molar-refractivity contribution in [1.82, 2.24) is 0 Å². The quantitative estimate of drug-likeness (QED) is 0.863. The second-order valence-corrected chi connectivity index (χ2v) is 5.46. The van der Waals surface area contributed by atoms with Gasteiger partial charge in [-0.25, -0.2) is 0 Å². The Bertz CT molecular complexity index is 525. The molecule has 98 valence electrons. The highest BCUT2D eigenvalue weighted by molar-refractivity contribution is 8.13. The summed E-state index contributed by atoms with van der Waals surface area (Å²) in [5.41, 5.74) is 0.775. The number of carbonyl (C=O) groups is 1. The van der Waals surface area contributed by atoms with Crippen LogP contribution >= 0.6 is 11.8 Å². The third-order valence-electron chi connectivity index (χ3n) is 2.95. The van der Waals surface area contributed by atoms with Crippen molar-refractivity contribution in [1.29, 1.82) is 0 Å². The van der Waals surface area contributed by atoms with Crippen LogP contribution in [0.3, 0.4) is 0 Å². The normalized spacial score (nSPS) is 13.8. The monoisotopic (exact) mass is 272 g/mol. The summed E-state index contributed by atoms with van der Waals surface area (Å²) in [6, 6.07) is 18.8. The lowest BCUT2D eigenvalue weighted by atomic mass is 9.99. The average Bonchev–Trinajstić information content (AvgIpc) is 2.47. The summed E-state index contributed by atoms with van der Waals surface area (Å²) in [5, 5.41) is 10.2. The van der Waals surface area contributed by atoms with E-state index in [1.807, 2.05) is 60.7 Å². The Balaban J connectivity index is 2.03. The fourth-order valence-corrected chi connectivity index (χ4v) is 2.61. The molecule has 0 aliphatic carbocycles. The molecule has 0 radical (unpaired) electrons. The van der Waals surface area contributed by atoms with Crippen LogP contribution in [-0.2, 0) is 4.79 Å². The van der Waals surface area contributed by atoms with E-state index < -0.39 is 12.0 Å². The van der Waals surface area contributed by atoms with Crippen LogP contribution in [0.5, 0.6) is 0 Å². The summed E-state index contributed by atoms with van der Waals surface area (Å²) < 4.78 is 0. The van der Waals surface area contributed by atoms with Gasteiger partial charge in [0.15, 0.2) is 5.12 Å². The summed E-state index contributed by atoms with van der Waals surface area (Å²) in [7, 11) is 0. The minimum absolute atomic E-state index is 0.0254. The molecular formula is C16H16O2S. The minimum atomic E-state index is -0.759. The number of hydrogen-bond acceptors (Lipinski definition) is 3. The number of benzene rings is 2. The van der Waals surface area contributed by atoms with E-state index in [1.165, 1.54) is 11.8 Å². The van der Waals surface area contributed by atoms with E-state index in [4.69, 9.17) is 0 Å². The van der Waals surface area contributed by atoms with E-state index in [1.54, 1.807) is 6.92 Å². The van der Waals surface area contributed by atoms with Crippen LogP contribution in [0.25, 0.3) is 0 Å². The lowest BCUT2D eigenvalue weighted by molar-refractivity contribution is -0.117. The molecule has 2 nitrogen and oxygen atoms in total. The van der Waals surface area contributed by atoms with E-state index in [-0.39, 0.29) is 5.12 Å². The van der Waals surface area contributed by atoms with Gasteiger partial charge in [0.05, 0.1) is 12.0 Å². The van der Waals surface area contributed by atoms with Crippen molar-refractivity contribution in [2.75, 3.05) is 0 Å². The van der Waals surface area contributed by atoms with Gasteiger partial charge in [-0.15, -0.1) is 0 Å². The average molecular weight is 272 g/mol. The molecule has 2 aromatic carbocycles. The van der Waals surface area contributed by atoms with Crippen molar-refractivity contribution in [3.8, 4) is 0 Å². The van der Waals surface area contributed by atoms with Gasteiger partial charge in [0.1, 0.15) is 0 Å². The maximum Gasteiger partial charge on any atom is 0.199 e. The lowest BCUT2D eigenvalue weighted by Gasteiger charge is -2.17. The molecule has 2 rings (SSSR count). The predicted octanol–water partition coefficient (Wildman–Crippen LogP) is 3.68. The molecule has 0 aliphatic rings. The number of thioether (sulfide) groups is 1. The number of hydrogen-bond donors (Lipinski definition) is 1. The van der Waals surface area contributed by atoms with Crippen molar-refractivity contribution in [3.05, 3.63) is 66.2 Å². The zero-order valence-electron chi connectivity index (χ0n) is 10.7. The van der Waals surface area contributed by atoms with Crippen molar-refractivity contribution >= 4 is 16.9 Å². The van der Waals surface area contributed by atoms with Gasteiger partial charge >= 0.3 is 0 Å². The van der Waals surface area contributed by atoms with E-state index in [9.17, 15) is 9.90 Å². The Kier molecular flexibility index (Phi) is 4.77. The smallest absolute Gasteiger partial charge is 0.199 e. The Morgan fingerprint density at radius 2 is 1.53 bits per heavy atom. The van der Waals surface area contributed by atoms with Crippen molar-refractivity contribution < 1.29 is 9.90 Å². The van der Waals surface area contributed by atoms with E-state index in [2.05, 4.69) is 0 Å². The van der Waals surface area contributed by atoms with Crippen LogP contribution in [0.1, 0.15) is 18.6 Å². The highest BCUT2D eigenvalue weighted by Crippen LogP contribution is 2.29. The van der Waals surface area contributed by atoms with Crippen LogP contribution in [0, 0.1) is 5.92 Å². The SMILES string of the molecule is C[C@@H](C(=O)Sc1ccccc1)[C@H](O)c1ccccc1. The zero-order chi connectivity index (χ0) is 13.7. The molecule has 2 atom stereocenters. The minimum Gasteiger partial charge on any atom is -0.388 e. The Morgan fingerprint density at radius 3 is 2.11 bits per heavy atom. The molecule has 19 heavy (non-hydrogen) atoms. The first-order valence-corrected chi connectivity index (χ1v) is 7.00. The molecule has 0 saturated heterocycles. The summed E-state index contributed by atoms with van der Waals surface area (Å²) in [6.07, 6.45) is -0.759. The fraction of sp³-hybridized carbons (Fsp3) is 0.188. The van der Waals surface area contributed by atoms with Gasteiger partial charge < -0.3 is 5.11 Å². The summed E-state index contributed by atoms with van der Waals surface area (Å²) in [6.45, 7) is 1.76. The third-order valence-corrected chi connectivity index (χ3v) is 4.03. The number of carbonyl (C=O) groups excluding carboxylic acids is 1. The Labute approximate surface area is 117 Å². The van der Waals surface area contributed by atoms with Gasteiger partial charge in [-0.2, -0.15) is 0 Å². The molecule has 3 heteroatoms. The van der Waals surface area contributed by atoms with Crippen LogP contribution in [0.4, 0.5) is 0 Å². The summed E-state index contributed by atoms with van der Waals surface area (Å²) in [5.74, 6) is -0.437.